The second kappa shape index (κ2) is 10.4. The monoisotopic (exact) mass is 413 g/mol. The molecule has 4 heteroatoms. The quantitative estimate of drug-likeness (QED) is 0.482. The molecule has 1 N–H and O–H groups in total. The number of hydrogen-bond acceptors (Lipinski definition) is 3. The predicted molar refractivity (Wildman–Crippen MR) is 126 cm³/mol. The van der Waals surface area contributed by atoms with Crippen LogP contribution in [0.2, 0.25) is 19.6 Å². The molecule has 0 radical (unpaired) electrons. The van der Waals surface area contributed by atoms with Gasteiger partial charge in [0.1, 0.15) is 5.75 Å². The molecule has 0 heterocycles. The molecule has 2 aromatic carbocycles. The molecule has 1 unspecified atom stereocenters. The highest BCUT2D eigenvalue weighted by Crippen LogP contribution is 2.37. The summed E-state index contributed by atoms with van der Waals surface area (Å²) in [5.74, 6) is 1.20. The van der Waals surface area contributed by atoms with Crippen LogP contribution in [-0.4, -0.2) is 37.0 Å². The van der Waals surface area contributed by atoms with E-state index in [-0.39, 0.29) is 12.5 Å². The number of aliphatic hydroxyl groups is 1. The predicted octanol–water partition coefficient (Wildman–Crippen LogP) is 6.03. The zero-order valence-corrected chi connectivity index (χ0v) is 20.3. The van der Waals surface area contributed by atoms with Crippen molar-refractivity contribution in [3.8, 4) is 5.75 Å². The van der Waals surface area contributed by atoms with Crippen LogP contribution in [0.4, 0.5) is 0 Å². The maximum Gasteiger partial charge on any atom is 0.242 e. The molecule has 0 amide bonds. The van der Waals surface area contributed by atoms with E-state index in [0.29, 0.717) is 12.1 Å². The Hall–Kier alpha value is -1.62. The fraction of sp³-hybridized carbons (Fsp3) is 0.520. The molecule has 0 aliphatic heterocycles. The number of benzene rings is 2. The van der Waals surface area contributed by atoms with Crippen LogP contribution in [0.5, 0.6) is 5.75 Å². The average molecular weight is 414 g/mol. The Kier molecular flexibility index (Phi) is 8.50. The summed E-state index contributed by atoms with van der Waals surface area (Å²) in [4.78, 5) is 2.55. The number of rotatable bonds is 10. The highest BCUT2D eigenvalue weighted by atomic mass is 28.4. The minimum atomic E-state index is -1.76. The van der Waals surface area contributed by atoms with Gasteiger partial charge in [-0.05, 0) is 83.6 Å². The van der Waals surface area contributed by atoms with Crippen molar-refractivity contribution in [2.24, 2.45) is 0 Å². The minimum absolute atomic E-state index is 0.0475. The van der Waals surface area contributed by atoms with E-state index in [1.54, 1.807) is 0 Å². The Morgan fingerprint density at radius 1 is 0.931 bits per heavy atom. The molecule has 160 valence electrons. The molecule has 3 nitrogen and oxygen atoms in total. The van der Waals surface area contributed by atoms with Crippen LogP contribution in [0.25, 0.3) is 0 Å². The normalized spacial score (nSPS) is 13.3. The highest BCUT2D eigenvalue weighted by Gasteiger charge is 2.25. The maximum absolute atomic E-state index is 9.76. The third-order valence-electron chi connectivity index (χ3n) is 5.25. The smallest absolute Gasteiger partial charge is 0.242 e. The van der Waals surface area contributed by atoms with Gasteiger partial charge in [-0.2, -0.15) is 0 Å². The Balaban J connectivity index is 2.48. The first-order chi connectivity index (χ1) is 13.6. The second-order valence-corrected chi connectivity index (χ2v) is 13.9. The van der Waals surface area contributed by atoms with Gasteiger partial charge in [-0.25, -0.2) is 0 Å². The Morgan fingerprint density at radius 2 is 1.55 bits per heavy atom. The zero-order chi connectivity index (χ0) is 21.6. The molecule has 0 spiro atoms. The van der Waals surface area contributed by atoms with Gasteiger partial charge in [0.15, 0.2) is 0 Å². The van der Waals surface area contributed by atoms with Crippen molar-refractivity contribution in [3.05, 3.63) is 65.2 Å². The molecule has 0 bridgehead atoms. The van der Waals surface area contributed by atoms with Gasteiger partial charge >= 0.3 is 0 Å². The standard InChI is InChI=1S/C25H39NO2Si/c1-19(2)26(20(3)4)16-15-23(22-11-9-8-10-12-22)24-17-21(18-27)13-14-25(24)28-29(5,6)7/h8-14,17,19-20,23,27H,15-16,18H2,1-7H3. The van der Waals surface area contributed by atoms with E-state index in [9.17, 15) is 5.11 Å². The number of aliphatic hydroxyl groups excluding tert-OH is 1. The molecular weight excluding hydrogens is 374 g/mol. The summed E-state index contributed by atoms with van der Waals surface area (Å²) in [5, 5.41) is 9.76. The van der Waals surface area contributed by atoms with Gasteiger partial charge in [0.2, 0.25) is 8.32 Å². The second-order valence-electron chi connectivity index (χ2n) is 9.42. The van der Waals surface area contributed by atoms with E-state index >= 15 is 0 Å². The lowest BCUT2D eigenvalue weighted by atomic mass is 9.86. The fourth-order valence-corrected chi connectivity index (χ4v) is 4.81. The van der Waals surface area contributed by atoms with Crippen molar-refractivity contribution in [1.82, 2.24) is 4.90 Å². The summed E-state index contributed by atoms with van der Waals surface area (Å²) in [6.45, 7) is 16.8. The Bertz CT molecular complexity index is 745. The summed E-state index contributed by atoms with van der Waals surface area (Å²) in [6.07, 6.45) is 1.01. The van der Waals surface area contributed by atoms with E-state index in [0.717, 1.165) is 24.3 Å². The number of nitrogens with zero attached hydrogens (tertiary/aromatic N) is 1. The van der Waals surface area contributed by atoms with Crippen LogP contribution >= 0.6 is 0 Å². The van der Waals surface area contributed by atoms with Crippen LogP contribution in [0.1, 0.15) is 56.7 Å². The lowest BCUT2D eigenvalue weighted by Gasteiger charge is -2.33. The summed E-state index contributed by atoms with van der Waals surface area (Å²) in [7, 11) is -1.76. The largest absolute Gasteiger partial charge is 0.544 e. The van der Waals surface area contributed by atoms with Crippen LogP contribution in [-0.2, 0) is 6.61 Å². The molecule has 2 rings (SSSR count). The third kappa shape index (κ3) is 6.98. The molecule has 0 saturated heterocycles. The lowest BCUT2D eigenvalue weighted by molar-refractivity contribution is 0.170. The van der Waals surface area contributed by atoms with Gasteiger partial charge in [-0.15, -0.1) is 0 Å². The van der Waals surface area contributed by atoms with Crippen molar-refractivity contribution in [2.75, 3.05) is 6.54 Å². The van der Waals surface area contributed by atoms with E-state index in [1.165, 1.54) is 11.1 Å². The summed E-state index contributed by atoms with van der Waals surface area (Å²) in [6, 6.07) is 17.9. The lowest BCUT2D eigenvalue weighted by Crippen LogP contribution is -2.38. The molecule has 0 aliphatic rings. The van der Waals surface area contributed by atoms with E-state index < -0.39 is 8.32 Å². The van der Waals surface area contributed by atoms with Gasteiger partial charge in [0.25, 0.3) is 0 Å². The number of hydrogen-bond donors (Lipinski definition) is 1. The molecular formula is C25H39NO2Si. The SMILES string of the molecule is CC(C)N(CCC(c1ccccc1)c1cc(CO)ccc1O[Si](C)(C)C)C(C)C. The fourth-order valence-electron chi connectivity index (χ4n) is 3.97. The van der Waals surface area contributed by atoms with Gasteiger partial charge < -0.3 is 9.53 Å². The van der Waals surface area contributed by atoms with Crippen molar-refractivity contribution in [3.63, 3.8) is 0 Å². The first kappa shape index (κ1) is 23.7. The molecule has 0 saturated carbocycles. The van der Waals surface area contributed by atoms with Crippen LogP contribution in [0.3, 0.4) is 0 Å². The summed E-state index contributed by atoms with van der Waals surface area (Å²) in [5.41, 5.74) is 3.43. The summed E-state index contributed by atoms with van der Waals surface area (Å²) >= 11 is 0. The molecule has 0 aliphatic carbocycles. The average Bonchev–Trinajstić information content (AvgIpc) is 2.65. The van der Waals surface area contributed by atoms with E-state index in [1.807, 2.05) is 6.07 Å². The van der Waals surface area contributed by atoms with Crippen molar-refractivity contribution < 1.29 is 9.53 Å². The van der Waals surface area contributed by atoms with Gasteiger partial charge in [-0.3, -0.25) is 4.90 Å². The van der Waals surface area contributed by atoms with Crippen molar-refractivity contribution in [1.29, 1.82) is 0 Å². The Labute approximate surface area is 178 Å². The minimum Gasteiger partial charge on any atom is -0.544 e. The van der Waals surface area contributed by atoms with Gasteiger partial charge in [0, 0.05) is 23.6 Å². The third-order valence-corrected chi connectivity index (χ3v) is 6.09. The molecule has 29 heavy (non-hydrogen) atoms. The summed E-state index contributed by atoms with van der Waals surface area (Å²) < 4.78 is 6.48. The first-order valence-corrected chi connectivity index (χ1v) is 14.3. The topological polar surface area (TPSA) is 32.7 Å². The Morgan fingerprint density at radius 3 is 2.07 bits per heavy atom. The van der Waals surface area contributed by atoms with Crippen LogP contribution in [0.15, 0.2) is 48.5 Å². The van der Waals surface area contributed by atoms with Crippen LogP contribution in [0, 0.1) is 0 Å². The molecule has 0 fully saturated rings. The zero-order valence-electron chi connectivity index (χ0n) is 19.3. The van der Waals surface area contributed by atoms with E-state index in [4.69, 9.17) is 4.43 Å². The maximum atomic E-state index is 9.76. The first-order valence-electron chi connectivity index (χ1n) is 10.9. The molecule has 0 aromatic heterocycles. The van der Waals surface area contributed by atoms with Crippen molar-refractivity contribution in [2.45, 2.75) is 78.4 Å². The van der Waals surface area contributed by atoms with Crippen LogP contribution < -0.4 is 4.43 Å². The molecule has 1 atom stereocenters. The highest BCUT2D eigenvalue weighted by molar-refractivity contribution is 6.70. The molecule has 2 aromatic rings. The van der Waals surface area contributed by atoms with E-state index in [2.05, 4.69) is 94.7 Å². The van der Waals surface area contributed by atoms with Gasteiger partial charge in [0.05, 0.1) is 6.61 Å². The van der Waals surface area contributed by atoms with Crippen molar-refractivity contribution >= 4 is 8.32 Å². The van der Waals surface area contributed by atoms with Gasteiger partial charge in [-0.1, -0.05) is 36.4 Å².